The SMILES string of the molecule is CC(C)(C)OC(=O)CC[C@H](NC(=O)[C@H](Cc1cn(C(=O)OC(C)(C)C)cn1)NC(=O)[C@@H](N)CCC(=O)OC(C)(C)C)C(=O)N[C@@H](Cc1cn(C(=O)OC(C)(C)C)cn1)C(=O)OC(C)(C)C. The van der Waals surface area contributed by atoms with E-state index in [1.54, 1.807) is 104 Å². The van der Waals surface area contributed by atoms with Crippen molar-refractivity contribution in [1.29, 1.82) is 0 Å². The zero-order valence-corrected chi connectivity index (χ0v) is 40.5. The maximum atomic E-state index is 14.3. The minimum atomic E-state index is -1.54. The van der Waals surface area contributed by atoms with Gasteiger partial charge < -0.3 is 45.4 Å². The van der Waals surface area contributed by atoms with Crippen LogP contribution in [0, 0.1) is 0 Å². The summed E-state index contributed by atoms with van der Waals surface area (Å²) in [6, 6.07) is -5.78. The fourth-order valence-corrected chi connectivity index (χ4v) is 5.50. The molecule has 0 aliphatic heterocycles. The molecular formula is C44H70N8O13. The van der Waals surface area contributed by atoms with Gasteiger partial charge in [-0.05, 0) is 117 Å². The summed E-state index contributed by atoms with van der Waals surface area (Å²) in [4.78, 5) is 115. The highest BCUT2D eigenvalue weighted by Gasteiger charge is 2.34. The monoisotopic (exact) mass is 919 g/mol. The Balaban J connectivity index is 2.54. The summed E-state index contributed by atoms with van der Waals surface area (Å²) in [5.41, 5.74) is 2.18. The van der Waals surface area contributed by atoms with Crippen LogP contribution in [0.25, 0.3) is 0 Å². The number of esters is 3. The largest absolute Gasteiger partial charge is 0.460 e. The lowest BCUT2D eigenvalue weighted by Crippen LogP contribution is -2.58. The number of hydrogen-bond donors (Lipinski definition) is 4. The van der Waals surface area contributed by atoms with Crippen LogP contribution in [0.4, 0.5) is 9.59 Å². The van der Waals surface area contributed by atoms with Crippen molar-refractivity contribution in [2.24, 2.45) is 5.73 Å². The predicted octanol–water partition coefficient (Wildman–Crippen LogP) is 3.80. The number of aromatic nitrogens is 4. The van der Waals surface area contributed by atoms with Crippen LogP contribution in [0.1, 0.15) is 141 Å². The van der Waals surface area contributed by atoms with E-state index in [4.69, 9.17) is 29.4 Å². The van der Waals surface area contributed by atoms with E-state index in [0.717, 1.165) is 15.5 Å². The number of imidazole rings is 2. The van der Waals surface area contributed by atoms with Gasteiger partial charge in [-0.15, -0.1) is 0 Å². The Labute approximate surface area is 380 Å². The molecule has 21 nitrogen and oxygen atoms in total. The van der Waals surface area contributed by atoms with Gasteiger partial charge in [-0.2, -0.15) is 0 Å². The average molecular weight is 919 g/mol. The molecule has 2 aromatic heterocycles. The van der Waals surface area contributed by atoms with Crippen molar-refractivity contribution in [3.8, 4) is 0 Å². The highest BCUT2D eigenvalue weighted by molar-refractivity contribution is 5.94. The molecule has 0 bridgehead atoms. The predicted molar refractivity (Wildman–Crippen MR) is 235 cm³/mol. The van der Waals surface area contributed by atoms with Gasteiger partial charge in [-0.3, -0.25) is 24.0 Å². The number of nitrogens with two attached hydrogens (primary N) is 1. The lowest BCUT2D eigenvalue weighted by molar-refractivity contribution is -0.159. The zero-order valence-electron chi connectivity index (χ0n) is 40.5. The molecule has 0 saturated carbocycles. The maximum Gasteiger partial charge on any atom is 0.419 e. The Hall–Kier alpha value is -5.86. The normalized spacial score (nSPS) is 14.2. The number of nitrogens with one attached hydrogen (secondary N) is 3. The Morgan fingerprint density at radius 1 is 0.508 bits per heavy atom. The van der Waals surface area contributed by atoms with E-state index < -0.39 is 100.0 Å². The standard InChI is InChI=1S/C44H70N8O13/c1-40(2,3)61-32(53)18-16-28(45)34(55)49-30(20-26-22-51(24-46-26)38(59)64-43(10,11)12)36(57)48-29(17-19-33(54)62-41(4,5)6)35(56)50-31(37(58)63-42(7,8)9)21-27-23-52(25-47-27)39(60)65-44(13,14)15/h22-25,28-31H,16-21,45H2,1-15H3,(H,48,57)(H,49,55)(H,50,56)/t28-,29-,30-,31-/m0/s1. The number of carbonyl (C=O) groups excluding carboxylic acids is 8. The Bertz CT molecular complexity index is 2010. The van der Waals surface area contributed by atoms with Crippen molar-refractivity contribution in [2.75, 3.05) is 0 Å². The van der Waals surface area contributed by atoms with Crippen LogP contribution in [0.2, 0.25) is 0 Å². The third-order valence-electron chi connectivity index (χ3n) is 8.05. The third kappa shape index (κ3) is 22.1. The second kappa shape index (κ2) is 22.4. The quantitative estimate of drug-likeness (QED) is 0.130. The summed E-state index contributed by atoms with van der Waals surface area (Å²) in [6.45, 7) is 25.0. The van der Waals surface area contributed by atoms with Crippen molar-refractivity contribution in [3.63, 3.8) is 0 Å². The molecule has 0 aliphatic carbocycles. The molecule has 364 valence electrons. The van der Waals surface area contributed by atoms with Crippen molar-refractivity contribution in [3.05, 3.63) is 36.4 Å². The van der Waals surface area contributed by atoms with Gasteiger partial charge in [0.25, 0.3) is 0 Å². The smallest absolute Gasteiger partial charge is 0.419 e. The van der Waals surface area contributed by atoms with Gasteiger partial charge in [0.2, 0.25) is 17.7 Å². The molecule has 0 aliphatic rings. The van der Waals surface area contributed by atoms with E-state index in [0.29, 0.717) is 0 Å². The van der Waals surface area contributed by atoms with Gasteiger partial charge in [-0.1, -0.05) is 0 Å². The minimum absolute atomic E-state index is 0.143. The molecule has 0 fully saturated rings. The number of carbonyl (C=O) groups is 8. The van der Waals surface area contributed by atoms with Gasteiger partial charge in [0.15, 0.2) is 0 Å². The molecule has 21 heteroatoms. The summed E-state index contributed by atoms with van der Waals surface area (Å²) in [5, 5.41) is 7.75. The van der Waals surface area contributed by atoms with Crippen molar-refractivity contribution >= 4 is 47.8 Å². The van der Waals surface area contributed by atoms with E-state index >= 15 is 0 Å². The Morgan fingerprint density at radius 2 is 0.862 bits per heavy atom. The molecule has 0 aromatic carbocycles. The summed E-state index contributed by atoms with van der Waals surface area (Å²) in [6.07, 6.45) is 1.79. The van der Waals surface area contributed by atoms with E-state index in [1.165, 1.54) is 18.7 Å². The van der Waals surface area contributed by atoms with Gasteiger partial charge >= 0.3 is 30.1 Å². The highest BCUT2D eigenvalue weighted by atomic mass is 16.6. The molecule has 5 N–H and O–H groups in total. The Kier molecular flexibility index (Phi) is 19.0. The first-order chi connectivity index (χ1) is 29.5. The van der Waals surface area contributed by atoms with E-state index in [9.17, 15) is 38.4 Å². The summed E-state index contributed by atoms with van der Waals surface area (Å²) < 4.78 is 29.3. The van der Waals surface area contributed by atoms with Crippen LogP contribution in [0.5, 0.6) is 0 Å². The lowest BCUT2D eigenvalue weighted by atomic mass is 10.0. The number of amides is 3. The molecule has 3 amide bonds. The molecule has 0 unspecified atom stereocenters. The molecule has 2 aromatic rings. The first-order valence-corrected chi connectivity index (χ1v) is 21.3. The topological polar surface area (TPSA) is 280 Å². The van der Waals surface area contributed by atoms with E-state index in [2.05, 4.69) is 25.9 Å². The number of nitrogens with zero attached hydrogens (tertiary/aromatic N) is 4. The van der Waals surface area contributed by atoms with Crippen LogP contribution in [0.3, 0.4) is 0 Å². The fraction of sp³-hybridized carbons (Fsp3) is 0.682. The maximum absolute atomic E-state index is 14.3. The van der Waals surface area contributed by atoms with Crippen LogP contribution < -0.4 is 21.7 Å². The van der Waals surface area contributed by atoms with Gasteiger partial charge in [-0.25, -0.2) is 33.5 Å². The molecule has 0 spiro atoms. The molecular weight excluding hydrogens is 849 g/mol. The molecule has 2 heterocycles. The average Bonchev–Trinajstić information content (AvgIpc) is 3.78. The minimum Gasteiger partial charge on any atom is -0.460 e. The zero-order chi connectivity index (χ0) is 49.9. The van der Waals surface area contributed by atoms with Crippen LogP contribution in [-0.4, -0.2) is 119 Å². The molecule has 65 heavy (non-hydrogen) atoms. The first-order valence-electron chi connectivity index (χ1n) is 21.3. The Morgan fingerprint density at radius 3 is 1.28 bits per heavy atom. The highest BCUT2D eigenvalue weighted by Crippen LogP contribution is 2.16. The van der Waals surface area contributed by atoms with Crippen molar-refractivity contribution in [2.45, 2.75) is 195 Å². The second-order valence-electron chi connectivity index (χ2n) is 20.5. The molecule has 0 saturated heterocycles. The van der Waals surface area contributed by atoms with E-state index in [-0.39, 0.29) is 49.9 Å². The van der Waals surface area contributed by atoms with Crippen LogP contribution in [0.15, 0.2) is 25.0 Å². The lowest BCUT2D eigenvalue weighted by Gasteiger charge is -2.27. The fourth-order valence-electron chi connectivity index (χ4n) is 5.50. The van der Waals surface area contributed by atoms with Crippen molar-refractivity contribution < 1.29 is 62.0 Å². The van der Waals surface area contributed by atoms with Gasteiger partial charge in [0.1, 0.15) is 58.8 Å². The van der Waals surface area contributed by atoms with Gasteiger partial charge in [0.05, 0.1) is 17.4 Å². The summed E-state index contributed by atoms with van der Waals surface area (Å²) in [5.74, 6) is -4.89. The van der Waals surface area contributed by atoms with Crippen molar-refractivity contribution in [1.82, 2.24) is 35.1 Å². The summed E-state index contributed by atoms with van der Waals surface area (Å²) >= 11 is 0. The second-order valence-corrected chi connectivity index (χ2v) is 20.5. The van der Waals surface area contributed by atoms with Gasteiger partial charge in [0, 0.05) is 38.1 Å². The van der Waals surface area contributed by atoms with Crippen LogP contribution >= 0.6 is 0 Å². The molecule has 4 atom stereocenters. The number of rotatable bonds is 17. The third-order valence-corrected chi connectivity index (χ3v) is 8.05. The first kappa shape index (κ1) is 55.3. The van der Waals surface area contributed by atoms with Crippen LogP contribution in [-0.2, 0) is 65.3 Å². The number of ether oxygens (including phenoxy) is 5. The molecule has 2 rings (SSSR count). The summed E-state index contributed by atoms with van der Waals surface area (Å²) in [7, 11) is 0. The molecule has 0 radical (unpaired) electrons. The van der Waals surface area contributed by atoms with E-state index in [1.807, 2.05) is 0 Å². The number of hydrogen-bond acceptors (Lipinski definition) is 16.